The molecule has 2 N–H and O–H groups in total. The molecule has 5 nitrogen and oxygen atoms in total. The number of carbonyl (C=O) groups is 1. The first-order valence-corrected chi connectivity index (χ1v) is 8.94. The molecule has 0 aromatic carbocycles. The zero-order chi connectivity index (χ0) is 17.7. The average Bonchev–Trinajstić information content (AvgIpc) is 2.34. The third-order valence-corrected chi connectivity index (χ3v) is 3.88. The fourth-order valence-corrected chi connectivity index (χ4v) is 2.86. The Morgan fingerprint density at radius 3 is 2.22 bits per heavy atom. The van der Waals surface area contributed by atoms with Gasteiger partial charge in [0, 0.05) is 19.1 Å². The molecule has 0 atom stereocenters. The van der Waals surface area contributed by atoms with Crippen molar-refractivity contribution in [2.75, 3.05) is 26.2 Å². The van der Waals surface area contributed by atoms with Gasteiger partial charge in [-0.15, -0.1) is 0 Å². The van der Waals surface area contributed by atoms with Crippen LogP contribution < -0.4 is 10.6 Å². The number of nitrogens with one attached hydrogen (secondary N) is 2. The normalized spacial score (nSPS) is 18.3. The van der Waals surface area contributed by atoms with Gasteiger partial charge in [0.1, 0.15) is 5.60 Å². The zero-order valence-corrected chi connectivity index (χ0v) is 16.2. The van der Waals surface area contributed by atoms with Crippen LogP contribution in [0.3, 0.4) is 0 Å². The van der Waals surface area contributed by atoms with E-state index in [9.17, 15) is 4.79 Å². The van der Waals surface area contributed by atoms with E-state index in [1.54, 1.807) is 0 Å². The first kappa shape index (κ1) is 20.2. The van der Waals surface area contributed by atoms with Crippen molar-refractivity contribution in [3.8, 4) is 0 Å². The molecule has 0 saturated carbocycles. The quantitative estimate of drug-likeness (QED) is 0.787. The Morgan fingerprint density at radius 1 is 1.17 bits per heavy atom. The minimum Gasteiger partial charge on any atom is -0.444 e. The number of ether oxygens (including phenoxy) is 1. The molecule has 5 heteroatoms. The molecule has 1 aliphatic heterocycles. The molecule has 0 spiro atoms. The van der Waals surface area contributed by atoms with Crippen LogP contribution in [0.25, 0.3) is 0 Å². The van der Waals surface area contributed by atoms with Crippen LogP contribution in [-0.4, -0.2) is 54.4 Å². The number of alkyl carbamates (subject to hydrolysis) is 1. The van der Waals surface area contributed by atoms with Gasteiger partial charge in [-0.25, -0.2) is 4.79 Å². The van der Waals surface area contributed by atoms with Crippen molar-refractivity contribution in [1.82, 2.24) is 15.5 Å². The molecule has 1 amide bonds. The van der Waals surface area contributed by atoms with Gasteiger partial charge in [0.25, 0.3) is 0 Å². The van der Waals surface area contributed by atoms with Gasteiger partial charge >= 0.3 is 6.09 Å². The van der Waals surface area contributed by atoms with Crippen LogP contribution in [0.2, 0.25) is 0 Å². The predicted octanol–water partition coefficient (Wildman–Crippen LogP) is 3.00. The van der Waals surface area contributed by atoms with Gasteiger partial charge in [0.05, 0.1) is 5.54 Å². The standard InChI is InChI=1S/C18H37N3O2/c1-14(2)12-21-10-8-15(9-11-21)19-13-18(6,7)20-16(22)23-17(3,4)5/h14-15,19H,8-13H2,1-7H3,(H,20,22). The van der Waals surface area contributed by atoms with Crippen LogP contribution in [-0.2, 0) is 4.74 Å². The zero-order valence-electron chi connectivity index (χ0n) is 16.2. The maximum atomic E-state index is 11.9. The molecule has 1 heterocycles. The van der Waals surface area contributed by atoms with Crippen molar-refractivity contribution in [1.29, 1.82) is 0 Å². The van der Waals surface area contributed by atoms with Crippen molar-refractivity contribution in [3.05, 3.63) is 0 Å². The van der Waals surface area contributed by atoms with E-state index < -0.39 is 5.60 Å². The van der Waals surface area contributed by atoms with Gasteiger partial charge < -0.3 is 20.3 Å². The van der Waals surface area contributed by atoms with Crippen LogP contribution >= 0.6 is 0 Å². The lowest BCUT2D eigenvalue weighted by atomic mass is 10.0. The Kier molecular flexibility index (Phi) is 7.33. The topological polar surface area (TPSA) is 53.6 Å². The lowest BCUT2D eigenvalue weighted by molar-refractivity contribution is 0.0469. The van der Waals surface area contributed by atoms with Gasteiger partial charge in [-0.3, -0.25) is 0 Å². The molecule has 1 saturated heterocycles. The number of hydrogen-bond acceptors (Lipinski definition) is 4. The molecule has 0 aromatic heterocycles. The summed E-state index contributed by atoms with van der Waals surface area (Å²) >= 11 is 0. The molecule has 1 aliphatic rings. The minimum atomic E-state index is -0.461. The van der Waals surface area contributed by atoms with Crippen LogP contribution in [0.1, 0.15) is 61.3 Å². The molecule has 0 aromatic rings. The third-order valence-electron chi connectivity index (χ3n) is 3.88. The highest BCUT2D eigenvalue weighted by molar-refractivity contribution is 5.68. The highest BCUT2D eigenvalue weighted by atomic mass is 16.6. The molecule has 0 unspecified atom stereocenters. The first-order valence-electron chi connectivity index (χ1n) is 8.94. The van der Waals surface area contributed by atoms with Crippen LogP contribution in [0.4, 0.5) is 4.79 Å². The van der Waals surface area contributed by atoms with E-state index in [0.717, 1.165) is 25.6 Å². The number of amides is 1. The van der Waals surface area contributed by atoms with Crippen molar-refractivity contribution in [3.63, 3.8) is 0 Å². The Morgan fingerprint density at radius 2 is 1.74 bits per heavy atom. The van der Waals surface area contributed by atoms with Crippen molar-refractivity contribution in [2.45, 2.75) is 78.5 Å². The third kappa shape index (κ3) is 9.16. The second-order valence-electron chi connectivity index (χ2n) is 8.86. The van der Waals surface area contributed by atoms with Crippen molar-refractivity contribution < 1.29 is 9.53 Å². The summed E-state index contributed by atoms with van der Waals surface area (Å²) in [6.07, 6.45) is 2.00. The van der Waals surface area contributed by atoms with E-state index in [1.165, 1.54) is 19.4 Å². The molecular formula is C18H37N3O2. The van der Waals surface area contributed by atoms with E-state index in [0.29, 0.717) is 6.04 Å². The summed E-state index contributed by atoms with van der Waals surface area (Å²) in [6.45, 7) is 18.5. The van der Waals surface area contributed by atoms with Crippen LogP contribution in [0.15, 0.2) is 0 Å². The molecule has 136 valence electrons. The van der Waals surface area contributed by atoms with E-state index in [-0.39, 0.29) is 11.6 Å². The molecular weight excluding hydrogens is 290 g/mol. The maximum absolute atomic E-state index is 11.9. The Hall–Kier alpha value is -0.810. The summed E-state index contributed by atoms with van der Waals surface area (Å²) < 4.78 is 5.33. The Bertz CT molecular complexity index is 367. The van der Waals surface area contributed by atoms with E-state index >= 15 is 0 Å². The van der Waals surface area contributed by atoms with Crippen molar-refractivity contribution >= 4 is 6.09 Å². The second-order valence-corrected chi connectivity index (χ2v) is 8.86. The number of hydrogen-bond donors (Lipinski definition) is 2. The van der Waals surface area contributed by atoms with E-state index in [4.69, 9.17) is 4.74 Å². The molecule has 1 rings (SSSR count). The second kappa shape index (κ2) is 8.34. The fourth-order valence-electron chi connectivity index (χ4n) is 2.86. The largest absolute Gasteiger partial charge is 0.444 e. The summed E-state index contributed by atoms with van der Waals surface area (Å²) in [5.41, 5.74) is -0.783. The average molecular weight is 328 g/mol. The summed E-state index contributed by atoms with van der Waals surface area (Å²) in [6, 6.07) is 0.540. The molecule has 23 heavy (non-hydrogen) atoms. The van der Waals surface area contributed by atoms with Gasteiger partial charge in [0.2, 0.25) is 0 Å². The highest BCUT2D eigenvalue weighted by Gasteiger charge is 2.26. The lowest BCUT2D eigenvalue weighted by Crippen LogP contribution is -2.54. The van der Waals surface area contributed by atoms with Crippen molar-refractivity contribution in [2.24, 2.45) is 5.92 Å². The number of rotatable bonds is 6. The highest BCUT2D eigenvalue weighted by Crippen LogP contribution is 2.14. The van der Waals surface area contributed by atoms with Crippen LogP contribution in [0, 0.1) is 5.92 Å². The summed E-state index contributed by atoms with van der Waals surface area (Å²) in [5.74, 6) is 0.733. The van der Waals surface area contributed by atoms with Gasteiger partial charge in [-0.2, -0.15) is 0 Å². The molecule has 0 aliphatic carbocycles. The Balaban J connectivity index is 2.30. The smallest absolute Gasteiger partial charge is 0.408 e. The predicted molar refractivity (Wildman–Crippen MR) is 95.8 cm³/mol. The first-order chi connectivity index (χ1) is 10.5. The fraction of sp³-hybridized carbons (Fsp3) is 0.944. The van der Waals surface area contributed by atoms with Gasteiger partial charge in [-0.1, -0.05) is 13.8 Å². The van der Waals surface area contributed by atoms with E-state index in [1.807, 2.05) is 34.6 Å². The summed E-state index contributed by atoms with van der Waals surface area (Å²) in [5, 5.41) is 6.56. The van der Waals surface area contributed by atoms with Gasteiger partial charge in [-0.05, 0) is 66.5 Å². The molecule has 0 radical (unpaired) electrons. The van der Waals surface area contributed by atoms with Gasteiger partial charge in [0.15, 0.2) is 0 Å². The van der Waals surface area contributed by atoms with Crippen LogP contribution in [0.5, 0.6) is 0 Å². The monoisotopic (exact) mass is 327 g/mol. The molecule has 0 bridgehead atoms. The molecule has 1 fully saturated rings. The number of carbonyl (C=O) groups excluding carboxylic acids is 1. The minimum absolute atomic E-state index is 0.322. The lowest BCUT2D eigenvalue weighted by Gasteiger charge is -2.35. The van der Waals surface area contributed by atoms with E-state index in [2.05, 4.69) is 29.4 Å². The Labute approximate surface area is 142 Å². The maximum Gasteiger partial charge on any atom is 0.408 e. The number of piperidine rings is 1. The SMILES string of the molecule is CC(C)CN1CCC(NCC(C)(C)NC(=O)OC(C)(C)C)CC1. The summed E-state index contributed by atoms with van der Waals surface area (Å²) in [4.78, 5) is 14.5. The number of nitrogens with zero attached hydrogens (tertiary/aromatic N) is 1. The summed E-state index contributed by atoms with van der Waals surface area (Å²) in [7, 11) is 0. The number of likely N-dealkylation sites (tertiary alicyclic amines) is 1.